The molecule has 0 bridgehead atoms. The summed E-state index contributed by atoms with van der Waals surface area (Å²) in [6.07, 6.45) is 4.30. The van der Waals surface area contributed by atoms with E-state index >= 15 is 0 Å². The van der Waals surface area contributed by atoms with Crippen molar-refractivity contribution >= 4 is 40.6 Å². The monoisotopic (exact) mass is 740 g/mol. The number of hydrogen-bond acceptors (Lipinski definition) is 7. The number of likely N-dealkylation sites (tertiary alicyclic amines) is 3. The number of aliphatic carboxylic acids is 1. The van der Waals surface area contributed by atoms with E-state index < -0.39 is 18.2 Å². The van der Waals surface area contributed by atoms with E-state index in [1.807, 2.05) is 58.0 Å². The predicted molar refractivity (Wildman–Crippen MR) is 204 cm³/mol. The van der Waals surface area contributed by atoms with Crippen LogP contribution in [0.15, 0.2) is 53.3 Å². The van der Waals surface area contributed by atoms with Crippen LogP contribution in [0.3, 0.4) is 0 Å². The molecule has 5 heterocycles. The highest BCUT2D eigenvalue weighted by atomic mass is 16.6. The molecule has 7 rings (SSSR count). The average Bonchev–Trinajstić information content (AvgIpc) is 3.34. The number of aromatic nitrogens is 1. The maximum atomic E-state index is 14.3. The van der Waals surface area contributed by atoms with E-state index in [4.69, 9.17) is 4.74 Å². The predicted octanol–water partition coefficient (Wildman–Crippen LogP) is 4.48. The van der Waals surface area contributed by atoms with Gasteiger partial charge in [0.15, 0.2) is 6.10 Å². The quantitative estimate of drug-likeness (QED) is 0.344. The molecule has 3 aromatic rings. The van der Waals surface area contributed by atoms with Crippen LogP contribution in [0.5, 0.6) is 0 Å². The highest BCUT2D eigenvalue weighted by molar-refractivity contribution is 5.91. The largest absolute Gasteiger partial charge is 0.480 e. The lowest BCUT2D eigenvalue weighted by atomic mass is 9.78. The number of fused-ring (bicyclic) bond motifs is 2. The standard InChI is InChI=1S/C41H52N6O7/c1-27-23-28(24-32-7-8-36(48)43(2)38(27)32)25-35(39(51)45-18-11-30(12-19-45)29-9-16-44(17-10-29)26-37(49)50)54-41(53)46-20-14-33(15-21-46)47-22-13-31-5-3-4-6-34(31)42-40(47)52/h3-8,23-24,29-30,33,35H,9-22,25-26H2,1-2H3,(H,42,52)(H,49,50)/t35-/m1/s1. The second kappa shape index (κ2) is 16.2. The number of anilines is 1. The first-order valence-corrected chi connectivity index (χ1v) is 19.5. The number of carbonyl (C=O) groups excluding carboxylic acids is 3. The summed E-state index contributed by atoms with van der Waals surface area (Å²) in [4.78, 5) is 72.2. The number of para-hydroxylation sites is 1. The number of carboxylic acids is 1. The summed E-state index contributed by atoms with van der Waals surface area (Å²) >= 11 is 0. The van der Waals surface area contributed by atoms with Crippen LogP contribution in [-0.2, 0) is 34.2 Å². The van der Waals surface area contributed by atoms with Crippen LogP contribution in [0.2, 0.25) is 0 Å². The van der Waals surface area contributed by atoms with Gasteiger partial charge in [-0.1, -0.05) is 24.3 Å². The normalized spacial score (nSPS) is 20.0. The smallest absolute Gasteiger partial charge is 0.410 e. The van der Waals surface area contributed by atoms with Gasteiger partial charge in [-0.05, 0) is 117 Å². The first kappa shape index (κ1) is 37.4. The molecule has 0 unspecified atom stereocenters. The van der Waals surface area contributed by atoms with E-state index in [9.17, 15) is 29.1 Å². The van der Waals surface area contributed by atoms with Crippen molar-refractivity contribution in [1.82, 2.24) is 24.2 Å². The van der Waals surface area contributed by atoms with Crippen LogP contribution < -0.4 is 10.9 Å². The summed E-state index contributed by atoms with van der Waals surface area (Å²) in [5.74, 6) is -0.0143. The Morgan fingerprint density at radius 3 is 2.22 bits per heavy atom. The van der Waals surface area contributed by atoms with Crippen molar-refractivity contribution in [2.24, 2.45) is 18.9 Å². The summed E-state index contributed by atoms with van der Waals surface area (Å²) in [6.45, 7) is 6.19. The van der Waals surface area contributed by atoms with Gasteiger partial charge >= 0.3 is 18.1 Å². The highest BCUT2D eigenvalue weighted by Crippen LogP contribution is 2.33. The number of benzene rings is 2. The minimum Gasteiger partial charge on any atom is -0.480 e. The second-order valence-corrected chi connectivity index (χ2v) is 15.6. The molecule has 0 spiro atoms. The third-order valence-corrected chi connectivity index (χ3v) is 12.2. The van der Waals surface area contributed by atoms with Crippen LogP contribution >= 0.6 is 0 Å². The maximum absolute atomic E-state index is 14.3. The molecular weight excluding hydrogens is 688 g/mol. The molecule has 4 aliphatic rings. The number of pyridine rings is 1. The number of nitrogens with zero attached hydrogens (tertiary/aromatic N) is 5. The SMILES string of the molecule is Cc1cc(C[C@@H](OC(=O)N2CCC(N3CCc4ccccc4NC3=O)CC2)C(=O)N2CCC(C3CCN(CC(=O)O)CC3)CC2)cc2ccc(=O)n(C)c12. The van der Waals surface area contributed by atoms with E-state index in [0.29, 0.717) is 57.4 Å². The Morgan fingerprint density at radius 1 is 0.852 bits per heavy atom. The number of nitrogens with one attached hydrogen (secondary N) is 1. The van der Waals surface area contributed by atoms with Crippen LogP contribution in [0.1, 0.15) is 55.2 Å². The van der Waals surface area contributed by atoms with Gasteiger partial charge in [-0.25, -0.2) is 9.59 Å². The van der Waals surface area contributed by atoms with Crippen molar-refractivity contribution < 1.29 is 29.0 Å². The van der Waals surface area contributed by atoms with Gasteiger partial charge in [0.1, 0.15) is 0 Å². The summed E-state index contributed by atoms with van der Waals surface area (Å²) in [6, 6.07) is 15.0. The fourth-order valence-corrected chi connectivity index (χ4v) is 9.23. The summed E-state index contributed by atoms with van der Waals surface area (Å²) in [5.41, 5.74) is 4.43. The number of rotatable bonds is 8. The Bertz CT molecular complexity index is 1940. The fourth-order valence-electron chi connectivity index (χ4n) is 9.23. The van der Waals surface area contributed by atoms with E-state index in [-0.39, 0.29) is 36.5 Å². The zero-order chi connectivity index (χ0) is 37.9. The molecule has 0 aliphatic carbocycles. The molecule has 13 heteroatoms. The van der Waals surface area contributed by atoms with Crippen LogP contribution in [0, 0.1) is 18.8 Å². The van der Waals surface area contributed by atoms with E-state index in [2.05, 4.69) is 5.32 Å². The first-order chi connectivity index (χ1) is 26.0. The van der Waals surface area contributed by atoms with Crippen molar-refractivity contribution in [3.63, 3.8) is 0 Å². The molecule has 1 aromatic heterocycles. The van der Waals surface area contributed by atoms with Crippen molar-refractivity contribution in [3.05, 3.63) is 75.6 Å². The topological polar surface area (TPSA) is 145 Å². The molecule has 4 aliphatic heterocycles. The van der Waals surface area contributed by atoms with E-state index in [1.165, 1.54) is 6.07 Å². The van der Waals surface area contributed by atoms with Gasteiger partial charge in [0.2, 0.25) is 0 Å². The van der Waals surface area contributed by atoms with Crippen LogP contribution in [0.25, 0.3) is 10.9 Å². The zero-order valence-electron chi connectivity index (χ0n) is 31.4. The molecular formula is C41H52N6O7. The van der Waals surface area contributed by atoms with Gasteiger partial charge in [-0.2, -0.15) is 0 Å². The van der Waals surface area contributed by atoms with Crippen molar-refractivity contribution in [2.45, 2.75) is 70.4 Å². The second-order valence-electron chi connectivity index (χ2n) is 15.6. The van der Waals surface area contributed by atoms with Gasteiger partial charge < -0.3 is 34.4 Å². The molecule has 4 amide bonds. The molecule has 0 radical (unpaired) electrons. The van der Waals surface area contributed by atoms with Crippen molar-refractivity contribution in [2.75, 3.05) is 57.7 Å². The Hall–Kier alpha value is -4.91. The number of aryl methyl sites for hydroxylation is 2. The lowest BCUT2D eigenvalue weighted by molar-refractivity contribution is -0.142. The zero-order valence-corrected chi connectivity index (χ0v) is 31.4. The molecule has 1 atom stereocenters. The summed E-state index contributed by atoms with van der Waals surface area (Å²) in [5, 5.41) is 13.1. The Kier molecular flexibility index (Phi) is 11.2. The van der Waals surface area contributed by atoms with Gasteiger partial charge in [-0.15, -0.1) is 0 Å². The van der Waals surface area contributed by atoms with Gasteiger partial charge in [0, 0.05) is 64.0 Å². The van der Waals surface area contributed by atoms with Gasteiger partial charge in [-0.3, -0.25) is 19.3 Å². The molecule has 2 aromatic carbocycles. The molecule has 13 nitrogen and oxygen atoms in total. The Labute approximate surface area is 315 Å². The van der Waals surface area contributed by atoms with E-state index in [1.54, 1.807) is 22.6 Å². The first-order valence-electron chi connectivity index (χ1n) is 19.5. The molecule has 288 valence electrons. The third kappa shape index (κ3) is 8.25. The summed E-state index contributed by atoms with van der Waals surface area (Å²) < 4.78 is 7.77. The molecule has 2 N–H and O–H groups in total. The minimum atomic E-state index is -1.02. The molecule has 3 fully saturated rings. The molecule has 3 saturated heterocycles. The number of ether oxygens (including phenoxy) is 1. The Balaban J connectivity index is 1.01. The average molecular weight is 741 g/mol. The van der Waals surface area contributed by atoms with Gasteiger partial charge in [0.25, 0.3) is 11.5 Å². The summed E-state index contributed by atoms with van der Waals surface area (Å²) in [7, 11) is 1.75. The Morgan fingerprint density at radius 2 is 1.52 bits per heavy atom. The lowest BCUT2D eigenvalue weighted by Crippen LogP contribution is -2.52. The fraction of sp³-hybridized carbons (Fsp3) is 0.537. The van der Waals surface area contributed by atoms with Crippen molar-refractivity contribution in [1.29, 1.82) is 0 Å². The third-order valence-electron chi connectivity index (χ3n) is 12.2. The van der Waals surface area contributed by atoms with Crippen LogP contribution in [0.4, 0.5) is 15.3 Å². The lowest BCUT2D eigenvalue weighted by Gasteiger charge is -2.41. The van der Waals surface area contributed by atoms with E-state index in [0.717, 1.165) is 78.5 Å². The maximum Gasteiger partial charge on any atom is 0.410 e. The molecule has 0 saturated carbocycles. The number of urea groups is 1. The van der Waals surface area contributed by atoms with Gasteiger partial charge in [0.05, 0.1) is 12.1 Å². The molecule has 54 heavy (non-hydrogen) atoms. The number of carboxylic acid groups (broad SMARTS) is 1. The highest BCUT2D eigenvalue weighted by Gasteiger charge is 2.37. The van der Waals surface area contributed by atoms with Crippen LogP contribution in [-0.4, -0.2) is 118 Å². The minimum absolute atomic E-state index is 0.0111. The number of carbonyl (C=O) groups is 4. The van der Waals surface area contributed by atoms with Crippen molar-refractivity contribution in [3.8, 4) is 0 Å². The number of amides is 4. The number of piperidine rings is 3. The number of hydrogen-bond donors (Lipinski definition) is 2.